The minimum Gasteiger partial charge on any atom is -0.497 e. The average Bonchev–Trinajstić information content (AvgIpc) is 2.64. The summed E-state index contributed by atoms with van der Waals surface area (Å²) in [6, 6.07) is 10.6. The fourth-order valence-electron chi connectivity index (χ4n) is 2.43. The average molecular weight is 328 g/mol. The zero-order valence-electron chi connectivity index (χ0n) is 13.5. The predicted octanol–water partition coefficient (Wildman–Crippen LogP) is 2.90. The van der Waals surface area contributed by atoms with Crippen LogP contribution in [-0.4, -0.2) is 37.3 Å². The first kappa shape index (κ1) is 16.3. The van der Waals surface area contributed by atoms with Crippen LogP contribution in [-0.2, 0) is 4.74 Å². The van der Waals surface area contributed by atoms with Gasteiger partial charge in [0, 0.05) is 30.8 Å². The lowest BCUT2D eigenvalue weighted by atomic mass is 10.1. The van der Waals surface area contributed by atoms with Crippen molar-refractivity contribution in [2.75, 3.05) is 25.6 Å². The van der Waals surface area contributed by atoms with Crippen LogP contribution in [0.15, 0.2) is 42.6 Å². The summed E-state index contributed by atoms with van der Waals surface area (Å²) in [6.07, 6.45) is 3.38. The van der Waals surface area contributed by atoms with Crippen molar-refractivity contribution in [3.05, 3.63) is 48.2 Å². The number of aromatic nitrogens is 1. The number of hydrogen-bond acceptors (Lipinski definition) is 5. The summed E-state index contributed by atoms with van der Waals surface area (Å²) in [5.41, 5.74) is 1.17. The van der Waals surface area contributed by atoms with Crippen molar-refractivity contribution in [2.24, 2.45) is 0 Å². The van der Waals surface area contributed by atoms with Gasteiger partial charge in [0.05, 0.1) is 25.9 Å². The molecule has 0 unspecified atom stereocenters. The Bertz CT molecular complexity index is 664. The Balaban J connectivity index is 1.58. The molecule has 0 spiro atoms. The number of anilines is 1. The Morgan fingerprint density at radius 1 is 1.17 bits per heavy atom. The third kappa shape index (κ3) is 4.23. The van der Waals surface area contributed by atoms with Gasteiger partial charge in [-0.15, -0.1) is 0 Å². The van der Waals surface area contributed by atoms with Gasteiger partial charge >= 0.3 is 0 Å². The lowest BCUT2D eigenvalue weighted by Gasteiger charge is -2.22. The van der Waals surface area contributed by atoms with Gasteiger partial charge < -0.3 is 19.5 Å². The van der Waals surface area contributed by atoms with Crippen LogP contribution in [0.1, 0.15) is 23.2 Å². The fourth-order valence-corrected chi connectivity index (χ4v) is 2.43. The lowest BCUT2D eigenvalue weighted by molar-refractivity contribution is 0.0237. The van der Waals surface area contributed by atoms with E-state index >= 15 is 0 Å². The maximum Gasteiger partial charge on any atom is 0.257 e. The molecule has 1 amide bonds. The van der Waals surface area contributed by atoms with Crippen LogP contribution in [0.5, 0.6) is 11.6 Å². The van der Waals surface area contributed by atoms with Crippen LogP contribution in [0.2, 0.25) is 0 Å². The fraction of sp³-hybridized carbons (Fsp3) is 0.333. The molecule has 1 aliphatic heterocycles. The zero-order valence-corrected chi connectivity index (χ0v) is 13.5. The number of hydrogen-bond donors (Lipinski definition) is 1. The third-order valence-corrected chi connectivity index (χ3v) is 3.80. The van der Waals surface area contributed by atoms with Crippen LogP contribution >= 0.6 is 0 Å². The lowest BCUT2D eigenvalue weighted by Crippen LogP contribution is -2.26. The first-order valence-corrected chi connectivity index (χ1v) is 7.90. The number of carbonyl (C=O) groups excluding carboxylic acids is 1. The largest absolute Gasteiger partial charge is 0.497 e. The summed E-state index contributed by atoms with van der Waals surface area (Å²) in [5, 5.41) is 2.82. The Morgan fingerprint density at radius 3 is 2.54 bits per heavy atom. The van der Waals surface area contributed by atoms with Crippen LogP contribution < -0.4 is 14.8 Å². The molecule has 24 heavy (non-hydrogen) atoms. The van der Waals surface area contributed by atoms with Gasteiger partial charge in [0.25, 0.3) is 5.91 Å². The van der Waals surface area contributed by atoms with Crippen molar-refractivity contribution >= 4 is 11.6 Å². The van der Waals surface area contributed by atoms with Gasteiger partial charge in [-0.1, -0.05) is 0 Å². The Labute approximate surface area is 140 Å². The van der Waals surface area contributed by atoms with E-state index in [1.54, 1.807) is 43.5 Å². The van der Waals surface area contributed by atoms with Crippen LogP contribution in [0.3, 0.4) is 0 Å². The SMILES string of the molecule is COc1ccc(NC(=O)c2ccc(OC3CCOCC3)nc2)cc1. The highest BCUT2D eigenvalue weighted by atomic mass is 16.5. The quantitative estimate of drug-likeness (QED) is 0.914. The maximum atomic E-state index is 12.2. The number of amides is 1. The first-order chi connectivity index (χ1) is 11.7. The van der Waals surface area contributed by atoms with E-state index in [4.69, 9.17) is 14.2 Å². The number of rotatable bonds is 5. The summed E-state index contributed by atoms with van der Waals surface area (Å²) >= 11 is 0. The molecule has 0 radical (unpaired) electrons. The van der Waals surface area contributed by atoms with E-state index in [9.17, 15) is 4.79 Å². The van der Waals surface area contributed by atoms with Crippen LogP contribution in [0, 0.1) is 0 Å². The van der Waals surface area contributed by atoms with E-state index in [-0.39, 0.29) is 12.0 Å². The molecule has 1 saturated heterocycles. The molecule has 3 rings (SSSR count). The number of ether oxygens (including phenoxy) is 3. The smallest absolute Gasteiger partial charge is 0.257 e. The molecule has 0 bridgehead atoms. The van der Waals surface area contributed by atoms with E-state index in [2.05, 4.69) is 10.3 Å². The summed E-state index contributed by atoms with van der Waals surface area (Å²) in [5.74, 6) is 1.05. The number of carbonyl (C=O) groups is 1. The highest BCUT2D eigenvalue weighted by Gasteiger charge is 2.16. The second-order valence-electron chi connectivity index (χ2n) is 5.50. The van der Waals surface area contributed by atoms with Gasteiger partial charge in [-0.05, 0) is 30.3 Å². The predicted molar refractivity (Wildman–Crippen MR) is 89.7 cm³/mol. The molecule has 0 atom stereocenters. The standard InChI is InChI=1S/C18H20N2O4/c1-22-15-5-3-14(4-6-15)20-18(21)13-2-7-17(19-12-13)24-16-8-10-23-11-9-16/h2-7,12,16H,8-11H2,1H3,(H,20,21). The molecule has 1 aliphatic rings. The number of nitrogens with one attached hydrogen (secondary N) is 1. The van der Waals surface area contributed by atoms with Crippen molar-refractivity contribution < 1.29 is 19.0 Å². The van der Waals surface area contributed by atoms with E-state index in [1.807, 2.05) is 0 Å². The normalized spacial score (nSPS) is 14.9. The monoisotopic (exact) mass is 328 g/mol. The highest BCUT2D eigenvalue weighted by molar-refractivity contribution is 6.04. The Hall–Kier alpha value is -2.60. The van der Waals surface area contributed by atoms with Gasteiger partial charge in [-0.3, -0.25) is 4.79 Å². The summed E-state index contributed by atoms with van der Waals surface area (Å²) in [4.78, 5) is 16.4. The molecule has 126 valence electrons. The molecular weight excluding hydrogens is 308 g/mol. The molecule has 1 aromatic heterocycles. The van der Waals surface area contributed by atoms with Crippen molar-refractivity contribution in [2.45, 2.75) is 18.9 Å². The van der Waals surface area contributed by atoms with Crippen LogP contribution in [0.4, 0.5) is 5.69 Å². The summed E-state index contributed by atoms with van der Waals surface area (Å²) in [6.45, 7) is 1.43. The Morgan fingerprint density at radius 2 is 1.92 bits per heavy atom. The van der Waals surface area contributed by atoms with Crippen LogP contribution in [0.25, 0.3) is 0 Å². The molecule has 0 saturated carbocycles. The minimum absolute atomic E-state index is 0.130. The third-order valence-electron chi connectivity index (χ3n) is 3.80. The second kappa shape index (κ2) is 7.79. The van der Waals surface area contributed by atoms with Crippen molar-refractivity contribution in [3.8, 4) is 11.6 Å². The highest BCUT2D eigenvalue weighted by Crippen LogP contribution is 2.18. The van der Waals surface area contributed by atoms with Crippen molar-refractivity contribution in [3.63, 3.8) is 0 Å². The van der Waals surface area contributed by atoms with E-state index in [0.29, 0.717) is 30.3 Å². The number of methoxy groups -OCH3 is 1. The molecule has 2 aromatic rings. The summed E-state index contributed by atoms with van der Waals surface area (Å²) in [7, 11) is 1.60. The molecule has 1 N–H and O–H groups in total. The van der Waals surface area contributed by atoms with Gasteiger partial charge in [0.1, 0.15) is 11.9 Å². The summed E-state index contributed by atoms with van der Waals surface area (Å²) < 4.78 is 16.2. The number of benzene rings is 1. The van der Waals surface area contributed by atoms with Gasteiger partial charge in [-0.2, -0.15) is 0 Å². The number of nitrogens with zero attached hydrogens (tertiary/aromatic N) is 1. The van der Waals surface area contributed by atoms with E-state index in [0.717, 1.165) is 18.6 Å². The van der Waals surface area contributed by atoms with Crippen molar-refractivity contribution in [1.82, 2.24) is 4.98 Å². The molecular formula is C18H20N2O4. The molecule has 0 aliphatic carbocycles. The maximum absolute atomic E-state index is 12.2. The molecule has 6 heteroatoms. The van der Waals surface area contributed by atoms with E-state index in [1.165, 1.54) is 6.20 Å². The van der Waals surface area contributed by atoms with Crippen molar-refractivity contribution in [1.29, 1.82) is 0 Å². The topological polar surface area (TPSA) is 69.7 Å². The minimum atomic E-state index is -0.217. The van der Waals surface area contributed by atoms with E-state index < -0.39 is 0 Å². The van der Waals surface area contributed by atoms with Gasteiger partial charge in [0.2, 0.25) is 5.88 Å². The molecule has 6 nitrogen and oxygen atoms in total. The molecule has 1 aromatic carbocycles. The molecule has 2 heterocycles. The second-order valence-corrected chi connectivity index (χ2v) is 5.50. The molecule has 1 fully saturated rings. The number of pyridine rings is 1. The first-order valence-electron chi connectivity index (χ1n) is 7.90. The van der Waals surface area contributed by atoms with Gasteiger partial charge in [0.15, 0.2) is 0 Å². The Kier molecular flexibility index (Phi) is 5.28. The zero-order chi connectivity index (χ0) is 16.8. The van der Waals surface area contributed by atoms with Gasteiger partial charge in [-0.25, -0.2) is 4.98 Å².